The molecular weight excluding hydrogens is 212 g/mol. The molecule has 6 heteroatoms. The largest absolute Gasteiger partial charge is 0.374 e. The summed E-state index contributed by atoms with van der Waals surface area (Å²) in [5.41, 5.74) is 0. The van der Waals surface area contributed by atoms with Crippen LogP contribution < -0.4 is 10.6 Å². The molecule has 0 aliphatic carbocycles. The van der Waals surface area contributed by atoms with Crippen molar-refractivity contribution >= 4 is 17.6 Å². The van der Waals surface area contributed by atoms with Crippen LogP contribution in [0.4, 0.5) is 0 Å². The summed E-state index contributed by atoms with van der Waals surface area (Å²) < 4.78 is 4.95. The Balaban J connectivity index is 2.43. The van der Waals surface area contributed by atoms with Crippen LogP contribution >= 0.6 is 0 Å². The lowest BCUT2D eigenvalue weighted by Gasteiger charge is -2.23. The minimum absolute atomic E-state index is 0.0411. The number of amides is 2. The molecular formula is C10H16N2O4. The molecule has 90 valence electrons. The molecule has 0 bridgehead atoms. The smallest absolute Gasteiger partial charge is 0.242 e. The Morgan fingerprint density at radius 3 is 2.75 bits per heavy atom. The normalized spacial score (nSPS) is 22.4. The number of hydrogen-bond donors (Lipinski definition) is 2. The maximum Gasteiger partial charge on any atom is 0.242 e. The van der Waals surface area contributed by atoms with Crippen LogP contribution in [0.1, 0.15) is 20.3 Å². The zero-order valence-electron chi connectivity index (χ0n) is 9.41. The molecule has 1 saturated heterocycles. The summed E-state index contributed by atoms with van der Waals surface area (Å²) in [7, 11) is 0. The molecule has 1 fully saturated rings. The van der Waals surface area contributed by atoms with Crippen LogP contribution in [0.15, 0.2) is 0 Å². The first-order valence-electron chi connectivity index (χ1n) is 5.18. The Morgan fingerprint density at radius 2 is 2.19 bits per heavy atom. The Hall–Kier alpha value is -1.43. The minimum atomic E-state index is -0.631. The molecule has 2 unspecified atom stereocenters. The van der Waals surface area contributed by atoms with Crippen molar-refractivity contribution in [3.63, 3.8) is 0 Å². The van der Waals surface area contributed by atoms with E-state index in [0.717, 1.165) is 0 Å². The monoisotopic (exact) mass is 228 g/mol. The second kappa shape index (κ2) is 5.60. The molecule has 2 amide bonds. The summed E-state index contributed by atoms with van der Waals surface area (Å²) in [6.45, 7) is 3.41. The van der Waals surface area contributed by atoms with Crippen LogP contribution in [-0.4, -0.2) is 42.9 Å². The van der Waals surface area contributed by atoms with E-state index in [0.29, 0.717) is 13.0 Å². The number of ether oxygens (including phenoxy) is 1. The van der Waals surface area contributed by atoms with E-state index in [1.165, 1.54) is 6.92 Å². The number of hydrogen-bond acceptors (Lipinski definition) is 4. The van der Waals surface area contributed by atoms with Gasteiger partial charge in [0.25, 0.3) is 0 Å². The fourth-order valence-corrected chi connectivity index (χ4v) is 1.46. The summed E-state index contributed by atoms with van der Waals surface area (Å²) in [6.07, 6.45) is 0.483. The van der Waals surface area contributed by atoms with E-state index in [9.17, 15) is 14.4 Å². The lowest BCUT2D eigenvalue weighted by Crippen LogP contribution is -2.52. The average molecular weight is 228 g/mol. The van der Waals surface area contributed by atoms with Crippen LogP contribution in [0.25, 0.3) is 0 Å². The quantitative estimate of drug-likeness (QED) is 0.648. The van der Waals surface area contributed by atoms with Crippen LogP contribution in [0.5, 0.6) is 0 Å². The van der Waals surface area contributed by atoms with Gasteiger partial charge in [0.1, 0.15) is 12.6 Å². The van der Waals surface area contributed by atoms with Crippen molar-refractivity contribution < 1.29 is 19.1 Å². The highest BCUT2D eigenvalue weighted by molar-refractivity contribution is 5.93. The highest BCUT2D eigenvalue weighted by Gasteiger charge is 2.26. The first kappa shape index (κ1) is 12.6. The highest BCUT2D eigenvalue weighted by Crippen LogP contribution is 2.03. The number of ketones is 1. The summed E-state index contributed by atoms with van der Waals surface area (Å²) in [6, 6.07) is -1.12. The topological polar surface area (TPSA) is 84.5 Å². The predicted octanol–water partition coefficient (Wildman–Crippen LogP) is -1.01. The van der Waals surface area contributed by atoms with Gasteiger partial charge in [-0.1, -0.05) is 0 Å². The zero-order chi connectivity index (χ0) is 12.1. The molecule has 1 rings (SSSR count). The van der Waals surface area contributed by atoms with E-state index in [2.05, 4.69) is 10.6 Å². The molecule has 1 heterocycles. The molecule has 2 N–H and O–H groups in total. The number of carbonyl (C=O) groups is 3. The number of nitrogens with one attached hydrogen (secondary N) is 2. The molecule has 0 aromatic carbocycles. The maximum atomic E-state index is 11.6. The van der Waals surface area contributed by atoms with Gasteiger partial charge in [0.15, 0.2) is 5.78 Å². The van der Waals surface area contributed by atoms with Crippen molar-refractivity contribution in [2.45, 2.75) is 32.4 Å². The van der Waals surface area contributed by atoms with E-state index < -0.39 is 12.1 Å². The van der Waals surface area contributed by atoms with E-state index in [4.69, 9.17) is 4.74 Å². The molecule has 1 aliphatic rings. The van der Waals surface area contributed by atoms with Gasteiger partial charge >= 0.3 is 0 Å². The molecule has 0 spiro atoms. The van der Waals surface area contributed by atoms with Gasteiger partial charge in [0.05, 0.1) is 6.04 Å². The van der Waals surface area contributed by atoms with Crippen LogP contribution in [0.3, 0.4) is 0 Å². The second-order valence-electron chi connectivity index (χ2n) is 3.79. The van der Waals surface area contributed by atoms with Gasteiger partial charge in [0, 0.05) is 13.5 Å². The first-order valence-corrected chi connectivity index (χ1v) is 5.18. The molecule has 1 aliphatic heterocycles. The average Bonchev–Trinajstić information content (AvgIpc) is 2.20. The zero-order valence-corrected chi connectivity index (χ0v) is 9.41. The predicted molar refractivity (Wildman–Crippen MR) is 55.7 cm³/mol. The van der Waals surface area contributed by atoms with Gasteiger partial charge in [-0.3, -0.25) is 14.4 Å². The maximum absolute atomic E-state index is 11.6. The molecule has 0 saturated carbocycles. The third kappa shape index (κ3) is 3.62. The molecule has 0 aromatic rings. The number of Topliss-reactive ketones (excluding diaryl/α,β-unsaturated/α-hetero) is 1. The Kier molecular flexibility index (Phi) is 4.42. The summed E-state index contributed by atoms with van der Waals surface area (Å²) in [4.78, 5) is 33.7. The summed E-state index contributed by atoms with van der Waals surface area (Å²) in [5.74, 6) is -0.758. The second-order valence-corrected chi connectivity index (χ2v) is 3.79. The first-order chi connectivity index (χ1) is 7.50. The van der Waals surface area contributed by atoms with Crippen molar-refractivity contribution in [1.29, 1.82) is 0 Å². The third-order valence-electron chi connectivity index (χ3n) is 2.31. The summed E-state index contributed by atoms with van der Waals surface area (Å²) >= 11 is 0. The van der Waals surface area contributed by atoms with Gasteiger partial charge in [-0.15, -0.1) is 0 Å². The van der Waals surface area contributed by atoms with Gasteiger partial charge in [-0.05, 0) is 13.3 Å². The SMILES string of the molecule is CC(=O)NC(C)C(=O)NC1CCOCC1=O. The van der Waals surface area contributed by atoms with Gasteiger partial charge in [0.2, 0.25) is 11.8 Å². The fraction of sp³-hybridized carbons (Fsp3) is 0.700. The van der Waals surface area contributed by atoms with Crippen LogP contribution in [0.2, 0.25) is 0 Å². The lowest BCUT2D eigenvalue weighted by molar-refractivity contribution is -0.135. The Morgan fingerprint density at radius 1 is 1.50 bits per heavy atom. The van der Waals surface area contributed by atoms with Crippen molar-refractivity contribution in [3.05, 3.63) is 0 Å². The van der Waals surface area contributed by atoms with Gasteiger partial charge in [-0.2, -0.15) is 0 Å². The van der Waals surface area contributed by atoms with Crippen molar-refractivity contribution in [2.24, 2.45) is 0 Å². The van der Waals surface area contributed by atoms with Crippen molar-refractivity contribution in [1.82, 2.24) is 10.6 Å². The molecule has 2 atom stereocenters. The van der Waals surface area contributed by atoms with Gasteiger partial charge in [-0.25, -0.2) is 0 Å². The molecule has 16 heavy (non-hydrogen) atoms. The number of rotatable bonds is 3. The van der Waals surface area contributed by atoms with E-state index in [1.54, 1.807) is 6.92 Å². The third-order valence-corrected chi connectivity index (χ3v) is 2.31. The van der Waals surface area contributed by atoms with Crippen molar-refractivity contribution in [2.75, 3.05) is 13.2 Å². The Bertz CT molecular complexity index is 303. The molecule has 6 nitrogen and oxygen atoms in total. The minimum Gasteiger partial charge on any atom is -0.374 e. The lowest BCUT2D eigenvalue weighted by atomic mass is 10.1. The summed E-state index contributed by atoms with van der Waals surface area (Å²) in [5, 5.41) is 5.04. The van der Waals surface area contributed by atoms with Crippen molar-refractivity contribution in [3.8, 4) is 0 Å². The Labute approximate surface area is 93.7 Å². The number of carbonyl (C=O) groups excluding carboxylic acids is 3. The van der Waals surface area contributed by atoms with E-state index in [-0.39, 0.29) is 24.2 Å². The van der Waals surface area contributed by atoms with Crippen LogP contribution in [0, 0.1) is 0 Å². The molecule has 0 radical (unpaired) electrons. The van der Waals surface area contributed by atoms with Crippen LogP contribution in [-0.2, 0) is 19.1 Å². The molecule has 0 aromatic heterocycles. The highest BCUT2D eigenvalue weighted by atomic mass is 16.5. The van der Waals surface area contributed by atoms with E-state index in [1.807, 2.05) is 0 Å². The van der Waals surface area contributed by atoms with E-state index >= 15 is 0 Å². The van der Waals surface area contributed by atoms with Gasteiger partial charge < -0.3 is 15.4 Å². The standard InChI is InChI=1S/C10H16N2O4/c1-6(11-7(2)13)10(15)12-8-3-4-16-5-9(8)14/h6,8H,3-5H2,1-2H3,(H,11,13)(H,12,15). The fourth-order valence-electron chi connectivity index (χ4n) is 1.46.